The van der Waals surface area contributed by atoms with Gasteiger partial charge in [-0.25, -0.2) is 27.6 Å². The van der Waals surface area contributed by atoms with E-state index in [1.165, 1.54) is 86.6 Å². The number of hydrogen-bond acceptors (Lipinski definition) is 12. The predicted octanol–water partition coefficient (Wildman–Crippen LogP) is 6.49. The van der Waals surface area contributed by atoms with Crippen LogP contribution in [0.1, 0.15) is 45.7 Å². The van der Waals surface area contributed by atoms with E-state index in [1.807, 2.05) is 0 Å². The standard InChI is InChI=1S/C38H34O12S/c1-23(2)35(39)47-21-45-29-11-17-33(25(5)19-29)37(41)49-27-7-13-31(14-8-27)51(43,44)32-15-9-28(10-16-32)50-38(42)34-18-12-30(20-26(34)6)46-22-48-36(40)24(3)4/h7-20H,1,3,21-22H2,2,4-6H3. The molecule has 13 heteroatoms. The fourth-order valence-electron chi connectivity index (χ4n) is 4.29. The minimum Gasteiger partial charge on any atom is -0.457 e. The third-order valence-electron chi connectivity index (χ3n) is 7.05. The molecular weight excluding hydrogens is 680 g/mol. The Hall–Kier alpha value is -6.21. The van der Waals surface area contributed by atoms with Crippen molar-refractivity contribution < 1.29 is 56.0 Å². The highest BCUT2D eigenvalue weighted by Crippen LogP contribution is 2.27. The molecule has 0 unspecified atom stereocenters. The Morgan fingerprint density at radius 3 is 1.20 bits per heavy atom. The summed E-state index contributed by atoms with van der Waals surface area (Å²) in [5.74, 6) is -1.55. The number of aryl methyl sites for hydroxylation is 2. The first kappa shape index (κ1) is 37.6. The van der Waals surface area contributed by atoms with Crippen molar-refractivity contribution in [3.8, 4) is 23.0 Å². The monoisotopic (exact) mass is 714 g/mol. The quantitative estimate of drug-likeness (QED) is 0.0606. The lowest BCUT2D eigenvalue weighted by atomic mass is 10.1. The highest BCUT2D eigenvalue weighted by Gasteiger charge is 2.20. The van der Waals surface area contributed by atoms with E-state index in [1.54, 1.807) is 26.0 Å². The maximum atomic E-state index is 13.3. The zero-order valence-corrected chi connectivity index (χ0v) is 29.0. The molecule has 0 aliphatic rings. The number of carbonyl (C=O) groups excluding carboxylic acids is 4. The molecule has 51 heavy (non-hydrogen) atoms. The van der Waals surface area contributed by atoms with Crippen LogP contribution in [0.4, 0.5) is 0 Å². The van der Waals surface area contributed by atoms with E-state index in [2.05, 4.69) is 13.2 Å². The van der Waals surface area contributed by atoms with Crippen LogP contribution < -0.4 is 18.9 Å². The molecule has 0 N–H and O–H groups in total. The maximum absolute atomic E-state index is 13.3. The van der Waals surface area contributed by atoms with Crippen molar-refractivity contribution in [2.75, 3.05) is 13.6 Å². The molecule has 0 bridgehead atoms. The molecule has 0 spiro atoms. The summed E-state index contributed by atoms with van der Waals surface area (Å²) in [7, 11) is -3.97. The maximum Gasteiger partial charge on any atom is 0.343 e. The summed E-state index contributed by atoms with van der Waals surface area (Å²) in [6.07, 6.45) is 0. The van der Waals surface area contributed by atoms with Gasteiger partial charge in [0.2, 0.25) is 23.4 Å². The molecule has 0 atom stereocenters. The Labute approximate surface area is 294 Å². The summed E-state index contributed by atoms with van der Waals surface area (Å²) in [5.41, 5.74) is 2.04. The Kier molecular flexibility index (Phi) is 12.1. The SMILES string of the molecule is C=C(C)C(=O)OCOc1ccc(C(=O)Oc2ccc(S(=O)(=O)c3ccc(OC(=O)c4ccc(OCOC(=O)C(=C)C)cc4C)cc3)cc2)c(C)c1. The van der Waals surface area contributed by atoms with Crippen LogP contribution in [-0.2, 0) is 28.9 Å². The summed E-state index contributed by atoms with van der Waals surface area (Å²) in [4.78, 5) is 48.5. The molecule has 0 aliphatic carbocycles. The van der Waals surface area contributed by atoms with Crippen LogP contribution in [0.2, 0.25) is 0 Å². The summed E-state index contributed by atoms with van der Waals surface area (Å²) >= 11 is 0. The first-order chi connectivity index (χ1) is 24.1. The molecule has 0 saturated heterocycles. The number of ether oxygens (including phenoxy) is 6. The number of sulfone groups is 1. The van der Waals surface area contributed by atoms with Gasteiger partial charge in [0.1, 0.15) is 23.0 Å². The predicted molar refractivity (Wildman–Crippen MR) is 183 cm³/mol. The van der Waals surface area contributed by atoms with Gasteiger partial charge in [-0.3, -0.25) is 0 Å². The minimum atomic E-state index is -3.97. The largest absolute Gasteiger partial charge is 0.457 e. The summed E-state index contributed by atoms with van der Waals surface area (Å²) in [6, 6.07) is 19.9. The second kappa shape index (κ2) is 16.5. The van der Waals surface area contributed by atoms with Gasteiger partial charge in [0, 0.05) is 11.1 Å². The third kappa shape index (κ3) is 9.92. The van der Waals surface area contributed by atoms with Crippen LogP contribution in [0.25, 0.3) is 0 Å². The van der Waals surface area contributed by atoms with Gasteiger partial charge in [-0.2, -0.15) is 0 Å². The smallest absolute Gasteiger partial charge is 0.343 e. The second-order valence-electron chi connectivity index (χ2n) is 11.1. The molecule has 0 fully saturated rings. The van der Waals surface area contributed by atoms with Crippen molar-refractivity contribution >= 4 is 33.7 Å². The van der Waals surface area contributed by atoms with Crippen LogP contribution in [-0.4, -0.2) is 45.9 Å². The average molecular weight is 715 g/mol. The van der Waals surface area contributed by atoms with E-state index in [0.29, 0.717) is 22.6 Å². The van der Waals surface area contributed by atoms with E-state index >= 15 is 0 Å². The molecular formula is C38H34O12S. The van der Waals surface area contributed by atoms with Crippen LogP contribution in [0.3, 0.4) is 0 Å². The summed E-state index contributed by atoms with van der Waals surface area (Å²) in [5, 5.41) is 0. The lowest BCUT2D eigenvalue weighted by molar-refractivity contribution is -0.146. The van der Waals surface area contributed by atoms with Crippen molar-refractivity contribution in [3.05, 3.63) is 131 Å². The van der Waals surface area contributed by atoms with Crippen LogP contribution in [0.5, 0.6) is 23.0 Å². The van der Waals surface area contributed by atoms with E-state index in [9.17, 15) is 27.6 Å². The zero-order valence-electron chi connectivity index (χ0n) is 28.2. The summed E-state index contributed by atoms with van der Waals surface area (Å²) in [6.45, 7) is 12.7. The normalized spacial score (nSPS) is 10.7. The lowest BCUT2D eigenvalue weighted by Gasteiger charge is -2.11. The second-order valence-corrected chi connectivity index (χ2v) is 13.1. The molecule has 0 aliphatic heterocycles. The number of benzene rings is 4. The first-order valence-corrected chi connectivity index (χ1v) is 16.7. The molecule has 0 saturated carbocycles. The molecule has 0 radical (unpaired) electrons. The molecule has 12 nitrogen and oxygen atoms in total. The highest BCUT2D eigenvalue weighted by atomic mass is 32.2. The Bertz CT molecular complexity index is 1950. The van der Waals surface area contributed by atoms with Gasteiger partial charge in [-0.1, -0.05) is 13.2 Å². The van der Waals surface area contributed by atoms with Crippen LogP contribution >= 0.6 is 0 Å². The molecule has 0 aromatic heterocycles. The van der Waals surface area contributed by atoms with Crippen molar-refractivity contribution in [1.82, 2.24) is 0 Å². The van der Waals surface area contributed by atoms with Gasteiger partial charge in [0.25, 0.3) is 0 Å². The molecule has 0 amide bonds. The van der Waals surface area contributed by atoms with Gasteiger partial charge in [0.15, 0.2) is 0 Å². The van der Waals surface area contributed by atoms with E-state index in [0.717, 1.165) is 0 Å². The van der Waals surface area contributed by atoms with E-state index in [4.69, 9.17) is 28.4 Å². The van der Waals surface area contributed by atoms with E-state index < -0.39 is 33.7 Å². The molecule has 4 aromatic carbocycles. The van der Waals surface area contributed by atoms with Crippen molar-refractivity contribution in [3.63, 3.8) is 0 Å². The van der Waals surface area contributed by atoms with Gasteiger partial charge in [-0.05, 0) is 124 Å². The van der Waals surface area contributed by atoms with Crippen molar-refractivity contribution in [2.45, 2.75) is 37.5 Å². The van der Waals surface area contributed by atoms with Crippen LogP contribution in [0.15, 0.2) is 119 Å². The zero-order chi connectivity index (χ0) is 37.3. The number of rotatable bonds is 14. The fourth-order valence-corrected chi connectivity index (χ4v) is 5.55. The Balaban J connectivity index is 1.34. The number of carbonyl (C=O) groups is 4. The van der Waals surface area contributed by atoms with E-state index in [-0.39, 0.29) is 57.1 Å². The highest BCUT2D eigenvalue weighted by molar-refractivity contribution is 7.91. The molecule has 264 valence electrons. The van der Waals surface area contributed by atoms with Gasteiger partial charge < -0.3 is 28.4 Å². The van der Waals surface area contributed by atoms with Crippen LogP contribution in [0, 0.1) is 13.8 Å². The molecule has 4 rings (SSSR count). The Morgan fingerprint density at radius 1 is 0.549 bits per heavy atom. The molecule has 4 aromatic rings. The fraction of sp³-hybridized carbons (Fsp3) is 0.158. The van der Waals surface area contributed by atoms with Gasteiger partial charge in [-0.15, -0.1) is 0 Å². The Morgan fingerprint density at radius 2 is 0.882 bits per heavy atom. The van der Waals surface area contributed by atoms with Gasteiger partial charge >= 0.3 is 23.9 Å². The topological polar surface area (TPSA) is 158 Å². The van der Waals surface area contributed by atoms with Crippen molar-refractivity contribution in [1.29, 1.82) is 0 Å². The molecule has 0 heterocycles. The number of hydrogen-bond donors (Lipinski definition) is 0. The summed E-state index contributed by atoms with van der Waals surface area (Å²) < 4.78 is 58.0. The lowest BCUT2D eigenvalue weighted by Crippen LogP contribution is -2.12. The number of esters is 4. The first-order valence-electron chi connectivity index (χ1n) is 15.2. The van der Waals surface area contributed by atoms with Crippen molar-refractivity contribution in [2.24, 2.45) is 0 Å². The minimum absolute atomic E-state index is 0.0515. The average Bonchev–Trinajstić information content (AvgIpc) is 3.08. The third-order valence-corrected chi connectivity index (χ3v) is 8.84. The van der Waals surface area contributed by atoms with Gasteiger partial charge in [0.05, 0.1) is 20.9 Å².